The third-order valence-electron chi connectivity index (χ3n) is 3.34. The molecule has 0 aliphatic carbocycles. The van der Waals surface area contributed by atoms with Crippen LogP contribution in [-0.2, 0) is 4.79 Å². The Labute approximate surface area is 158 Å². The molecule has 8 heteroatoms. The van der Waals surface area contributed by atoms with Crippen molar-refractivity contribution in [2.45, 2.75) is 4.34 Å². The number of ether oxygens (including phenoxy) is 2. The zero-order valence-corrected chi connectivity index (χ0v) is 15.9. The van der Waals surface area contributed by atoms with E-state index in [2.05, 4.69) is 10.3 Å². The number of benzene rings is 2. The Morgan fingerprint density at radius 2 is 2.08 bits per heavy atom. The highest BCUT2D eigenvalue weighted by Gasteiger charge is 2.11. The second-order valence-corrected chi connectivity index (χ2v) is 7.68. The zero-order chi connectivity index (χ0) is 17.8. The summed E-state index contributed by atoms with van der Waals surface area (Å²) in [5, 5.41) is 3.49. The Balaban J connectivity index is 1.64. The first-order valence-corrected chi connectivity index (χ1v) is 9.48. The molecule has 1 heterocycles. The minimum atomic E-state index is -0.134. The molecule has 0 atom stereocenters. The Bertz CT molecular complexity index is 914. The van der Waals surface area contributed by atoms with E-state index >= 15 is 0 Å². The van der Waals surface area contributed by atoms with Crippen molar-refractivity contribution in [3.63, 3.8) is 0 Å². The van der Waals surface area contributed by atoms with Crippen molar-refractivity contribution in [3.8, 4) is 11.5 Å². The van der Waals surface area contributed by atoms with E-state index in [1.807, 2.05) is 18.2 Å². The highest BCUT2D eigenvalue weighted by molar-refractivity contribution is 8.01. The lowest BCUT2D eigenvalue weighted by atomic mass is 10.2. The molecule has 0 aliphatic heterocycles. The van der Waals surface area contributed by atoms with Crippen LogP contribution >= 0.6 is 34.7 Å². The second-order valence-electron chi connectivity index (χ2n) is 4.99. The largest absolute Gasteiger partial charge is 0.497 e. The van der Waals surface area contributed by atoms with Gasteiger partial charge in [0, 0.05) is 11.1 Å². The molecule has 1 N–H and O–H groups in total. The van der Waals surface area contributed by atoms with Gasteiger partial charge in [0.1, 0.15) is 11.5 Å². The molecule has 0 saturated carbocycles. The summed E-state index contributed by atoms with van der Waals surface area (Å²) < 4.78 is 12.3. The lowest BCUT2D eigenvalue weighted by Gasteiger charge is -2.11. The highest BCUT2D eigenvalue weighted by atomic mass is 35.5. The minimum absolute atomic E-state index is 0.134. The van der Waals surface area contributed by atoms with Crippen LogP contribution in [0.3, 0.4) is 0 Å². The van der Waals surface area contributed by atoms with E-state index in [-0.39, 0.29) is 11.7 Å². The van der Waals surface area contributed by atoms with Gasteiger partial charge in [-0.15, -0.1) is 11.3 Å². The third kappa shape index (κ3) is 4.36. The molecule has 25 heavy (non-hydrogen) atoms. The average Bonchev–Trinajstić information content (AvgIpc) is 3.02. The van der Waals surface area contributed by atoms with E-state index in [0.717, 1.165) is 14.6 Å². The van der Waals surface area contributed by atoms with Gasteiger partial charge in [-0.3, -0.25) is 4.79 Å². The predicted octanol–water partition coefficient (Wildman–Crippen LogP) is 4.70. The number of fused-ring (bicyclic) bond motifs is 1. The topological polar surface area (TPSA) is 60.5 Å². The van der Waals surface area contributed by atoms with Crippen molar-refractivity contribution in [1.82, 2.24) is 4.98 Å². The maximum Gasteiger partial charge on any atom is 0.234 e. The summed E-state index contributed by atoms with van der Waals surface area (Å²) in [7, 11) is 3.13. The number of thioether (sulfide) groups is 1. The van der Waals surface area contributed by atoms with Crippen molar-refractivity contribution >= 4 is 56.5 Å². The fourth-order valence-corrected chi connectivity index (χ4v) is 4.17. The molecular formula is C17H15ClN2O3S2. The third-order valence-corrected chi connectivity index (χ3v) is 5.75. The number of methoxy groups -OCH3 is 2. The van der Waals surface area contributed by atoms with Gasteiger partial charge in [0.05, 0.1) is 35.9 Å². The monoisotopic (exact) mass is 394 g/mol. The van der Waals surface area contributed by atoms with Crippen LogP contribution in [0.4, 0.5) is 5.69 Å². The van der Waals surface area contributed by atoms with Crippen molar-refractivity contribution < 1.29 is 14.3 Å². The first kappa shape index (κ1) is 17.8. The molecule has 0 fully saturated rings. The normalized spacial score (nSPS) is 10.7. The number of anilines is 1. The highest BCUT2D eigenvalue weighted by Crippen LogP contribution is 2.32. The summed E-state index contributed by atoms with van der Waals surface area (Å²) >= 11 is 8.89. The molecule has 0 saturated heterocycles. The number of hydrogen-bond donors (Lipinski definition) is 1. The number of aromatic nitrogens is 1. The SMILES string of the molecule is COc1ccc(NC(=O)CSc2nc3cc(Cl)ccc3s2)c(OC)c1. The number of carbonyl (C=O) groups excluding carboxylic acids is 1. The van der Waals surface area contributed by atoms with E-state index in [0.29, 0.717) is 22.2 Å². The van der Waals surface area contributed by atoms with Gasteiger partial charge in [-0.2, -0.15) is 0 Å². The quantitative estimate of drug-likeness (QED) is 0.614. The number of amides is 1. The van der Waals surface area contributed by atoms with E-state index in [1.54, 1.807) is 32.4 Å². The van der Waals surface area contributed by atoms with Gasteiger partial charge < -0.3 is 14.8 Å². The standard InChI is InChI=1S/C17H15ClN2O3S2/c1-22-11-4-5-12(14(8-11)23-2)19-16(21)9-24-17-20-13-7-10(18)3-6-15(13)25-17/h3-8H,9H2,1-2H3,(H,19,21). The smallest absolute Gasteiger partial charge is 0.234 e. The molecule has 0 radical (unpaired) electrons. The Hall–Kier alpha value is -1.96. The molecule has 130 valence electrons. The van der Waals surface area contributed by atoms with Gasteiger partial charge in [0.25, 0.3) is 0 Å². The van der Waals surface area contributed by atoms with Gasteiger partial charge in [-0.05, 0) is 30.3 Å². The van der Waals surface area contributed by atoms with Crippen LogP contribution in [0.1, 0.15) is 0 Å². The van der Waals surface area contributed by atoms with E-state index < -0.39 is 0 Å². The maximum absolute atomic E-state index is 12.2. The summed E-state index contributed by atoms with van der Waals surface area (Å²) in [6.45, 7) is 0. The van der Waals surface area contributed by atoms with Crippen LogP contribution in [0.25, 0.3) is 10.2 Å². The van der Waals surface area contributed by atoms with Gasteiger partial charge >= 0.3 is 0 Å². The van der Waals surface area contributed by atoms with Gasteiger partial charge in [-0.1, -0.05) is 23.4 Å². The summed E-state index contributed by atoms with van der Waals surface area (Å²) in [5.74, 6) is 1.33. The fourth-order valence-electron chi connectivity index (χ4n) is 2.16. The molecule has 0 aliphatic rings. The van der Waals surface area contributed by atoms with Crippen LogP contribution < -0.4 is 14.8 Å². The van der Waals surface area contributed by atoms with Crippen molar-refractivity contribution in [2.24, 2.45) is 0 Å². The Kier molecular flexibility index (Phi) is 5.67. The van der Waals surface area contributed by atoms with Crippen molar-refractivity contribution in [1.29, 1.82) is 0 Å². The van der Waals surface area contributed by atoms with Gasteiger partial charge in [-0.25, -0.2) is 4.98 Å². The van der Waals surface area contributed by atoms with Crippen LogP contribution in [0.5, 0.6) is 11.5 Å². The molecule has 0 spiro atoms. The fraction of sp³-hybridized carbons (Fsp3) is 0.176. The first-order chi connectivity index (χ1) is 12.1. The van der Waals surface area contributed by atoms with Gasteiger partial charge in [0.15, 0.2) is 4.34 Å². The number of nitrogens with zero attached hydrogens (tertiary/aromatic N) is 1. The lowest BCUT2D eigenvalue weighted by molar-refractivity contribution is -0.113. The summed E-state index contributed by atoms with van der Waals surface area (Å²) in [6, 6.07) is 10.8. The van der Waals surface area contributed by atoms with Gasteiger partial charge in [0.2, 0.25) is 5.91 Å². The summed E-state index contributed by atoms with van der Waals surface area (Å²) in [4.78, 5) is 16.7. The first-order valence-electron chi connectivity index (χ1n) is 7.30. The molecule has 1 aromatic heterocycles. The summed E-state index contributed by atoms with van der Waals surface area (Å²) in [6.07, 6.45) is 0. The second kappa shape index (κ2) is 7.95. The molecule has 0 bridgehead atoms. The molecular weight excluding hydrogens is 380 g/mol. The van der Waals surface area contributed by atoms with E-state index in [4.69, 9.17) is 21.1 Å². The molecule has 3 rings (SSSR count). The van der Waals surface area contributed by atoms with Crippen molar-refractivity contribution in [2.75, 3.05) is 25.3 Å². The number of nitrogens with one attached hydrogen (secondary N) is 1. The molecule has 1 amide bonds. The number of carbonyl (C=O) groups is 1. The summed E-state index contributed by atoms with van der Waals surface area (Å²) in [5.41, 5.74) is 1.45. The number of halogens is 1. The average molecular weight is 395 g/mol. The van der Waals surface area contributed by atoms with E-state index in [1.165, 1.54) is 23.1 Å². The molecule has 5 nitrogen and oxygen atoms in total. The van der Waals surface area contributed by atoms with Crippen molar-refractivity contribution in [3.05, 3.63) is 41.4 Å². The molecule has 0 unspecified atom stereocenters. The Morgan fingerprint density at radius 1 is 1.24 bits per heavy atom. The molecule has 2 aromatic carbocycles. The number of thiazole rings is 1. The van der Waals surface area contributed by atoms with Crippen LogP contribution in [-0.4, -0.2) is 30.9 Å². The zero-order valence-electron chi connectivity index (χ0n) is 13.5. The number of rotatable bonds is 6. The van der Waals surface area contributed by atoms with Crippen LogP contribution in [0.15, 0.2) is 40.7 Å². The van der Waals surface area contributed by atoms with E-state index in [9.17, 15) is 4.79 Å². The number of hydrogen-bond acceptors (Lipinski definition) is 6. The van der Waals surface area contributed by atoms with Crippen LogP contribution in [0.2, 0.25) is 5.02 Å². The Morgan fingerprint density at radius 3 is 2.84 bits per heavy atom. The predicted molar refractivity (Wildman–Crippen MR) is 104 cm³/mol. The maximum atomic E-state index is 12.2. The molecule has 3 aromatic rings. The van der Waals surface area contributed by atoms with Crippen LogP contribution in [0, 0.1) is 0 Å². The minimum Gasteiger partial charge on any atom is -0.497 e. The lowest BCUT2D eigenvalue weighted by Crippen LogP contribution is -2.14.